The van der Waals surface area contributed by atoms with Gasteiger partial charge in [0.15, 0.2) is 0 Å². The molecule has 21 heavy (non-hydrogen) atoms. The summed E-state index contributed by atoms with van der Waals surface area (Å²) in [6, 6.07) is 3.52. The van der Waals surface area contributed by atoms with E-state index < -0.39 is 17.5 Å². The van der Waals surface area contributed by atoms with E-state index in [-0.39, 0.29) is 17.3 Å². The number of anilines is 1. The van der Waals surface area contributed by atoms with Crippen molar-refractivity contribution >= 4 is 34.5 Å². The number of rotatable bonds is 3. The molecule has 1 aliphatic carbocycles. The van der Waals surface area contributed by atoms with Gasteiger partial charge in [-0.25, -0.2) is 8.78 Å². The summed E-state index contributed by atoms with van der Waals surface area (Å²) in [5.41, 5.74) is 5.83. The van der Waals surface area contributed by atoms with Crippen LogP contribution in [0, 0.1) is 11.6 Å². The highest BCUT2D eigenvalue weighted by atomic mass is 35.5. The Hall–Kier alpha value is -1.66. The number of nitrogens with two attached hydrogens (primary N) is 1. The molecule has 1 atom stereocenters. The Bertz CT molecular complexity index is 732. The van der Waals surface area contributed by atoms with E-state index in [4.69, 9.17) is 17.3 Å². The van der Waals surface area contributed by atoms with Gasteiger partial charge in [0.25, 0.3) is 5.91 Å². The number of aryl methyl sites for hydroxylation is 1. The molecule has 1 heterocycles. The molecule has 3 rings (SSSR count). The van der Waals surface area contributed by atoms with E-state index in [1.165, 1.54) is 11.3 Å². The highest BCUT2D eigenvalue weighted by Crippen LogP contribution is 2.41. The largest absolute Gasteiger partial charge is 0.376 e. The molecule has 1 aliphatic rings. The van der Waals surface area contributed by atoms with Crippen molar-refractivity contribution in [2.75, 3.05) is 5.32 Å². The lowest BCUT2D eigenvalue weighted by Gasteiger charge is -2.16. The fraction of sp³-hybridized carbons (Fsp3) is 0.214. The molecule has 3 N–H and O–H groups in total. The van der Waals surface area contributed by atoms with Crippen LogP contribution in [0.3, 0.4) is 0 Å². The third kappa shape index (κ3) is 2.61. The summed E-state index contributed by atoms with van der Waals surface area (Å²) in [5.74, 6) is -2.65. The molecule has 3 nitrogen and oxygen atoms in total. The second-order valence-electron chi connectivity index (χ2n) is 4.84. The number of thiophene rings is 1. The van der Waals surface area contributed by atoms with Crippen molar-refractivity contribution in [1.29, 1.82) is 0 Å². The van der Waals surface area contributed by atoms with E-state index >= 15 is 0 Å². The molecule has 1 aromatic heterocycles. The number of carbonyl (C=O) groups is 1. The van der Waals surface area contributed by atoms with Crippen LogP contribution in [-0.4, -0.2) is 5.91 Å². The smallest absolute Gasteiger partial charge is 0.251 e. The fourth-order valence-corrected chi connectivity index (χ4v) is 3.87. The van der Waals surface area contributed by atoms with Gasteiger partial charge in [-0.05, 0) is 30.5 Å². The third-order valence-electron chi connectivity index (χ3n) is 3.50. The summed E-state index contributed by atoms with van der Waals surface area (Å²) in [6.07, 6.45) is 1.65. The normalized spacial score (nSPS) is 16.8. The summed E-state index contributed by atoms with van der Waals surface area (Å²) in [4.78, 5) is 12.3. The maximum absolute atomic E-state index is 13.9. The first-order valence-electron chi connectivity index (χ1n) is 6.29. The zero-order valence-corrected chi connectivity index (χ0v) is 12.3. The Morgan fingerprint density at radius 2 is 2.10 bits per heavy atom. The number of hydrogen-bond donors (Lipinski definition) is 2. The molecule has 0 aliphatic heterocycles. The zero-order chi connectivity index (χ0) is 15.1. The van der Waals surface area contributed by atoms with E-state index in [1.807, 2.05) is 6.07 Å². The van der Waals surface area contributed by atoms with Crippen molar-refractivity contribution in [3.63, 3.8) is 0 Å². The number of nitrogens with one attached hydrogen (secondary N) is 1. The molecule has 0 radical (unpaired) electrons. The van der Waals surface area contributed by atoms with Crippen LogP contribution in [0.1, 0.15) is 33.3 Å². The van der Waals surface area contributed by atoms with Gasteiger partial charge >= 0.3 is 0 Å². The Kier molecular flexibility index (Phi) is 3.59. The molecule has 1 unspecified atom stereocenters. The fourth-order valence-electron chi connectivity index (χ4n) is 2.52. The summed E-state index contributed by atoms with van der Waals surface area (Å²) in [7, 11) is 0. The van der Waals surface area contributed by atoms with Gasteiger partial charge in [-0.1, -0.05) is 11.6 Å². The molecule has 1 amide bonds. The summed E-state index contributed by atoms with van der Waals surface area (Å²) >= 11 is 7.47. The zero-order valence-electron chi connectivity index (χ0n) is 10.8. The Morgan fingerprint density at radius 3 is 2.81 bits per heavy atom. The van der Waals surface area contributed by atoms with Crippen LogP contribution in [0.5, 0.6) is 0 Å². The molecule has 0 fully saturated rings. The SMILES string of the molecule is NC(=O)c1cc(NC2CCc3sc(Cl)cc32)c(F)cc1F. The number of primary amides is 1. The first-order valence-corrected chi connectivity index (χ1v) is 7.48. The maximum atomic E-state index is 13.9. The lowest BCUT2D eigenvalue weighted by Crippen LogP contribution is -2.15. The summed E-state index contributed by atoms with van der Waals surface area (Å²) in [5, 5.41) is 3.00. The van der Waals surface area contributed by atoms with Crippen molar-refractivity contribution in [2.45, 2.75) is 18.9 Å². The Labute approximate surface area is 128 Å². The van der Waals surface area contributed by atoms with E-state index in [1.54, 1.807) is 0 Å². The number of amides is 1. The van der Waals surface area contributed by atoms with Crippen LogP contribution in [0.25, 0.3) is 0 Å². The van der Waals surface area contributed by atoms with Gasteiger partial charge in [-0.15, -0.1) is 11.3 Å². The molecular formula is C14H11ClF2N2OS. The van der Waals surface area contributed by atoms with Gasteiger partial charge in [0.05, 0.1) is 21.6 Å². The number of carbonyl (C=O) groups excluding carboxylic acids is 1. The number of halogens is 3. The van der Waals surface area contributed by atoms with Gasteiger partial charge < -0.3 is 11.1 Å². The van der Waals surface area contributed by atoms with E-state index in [0.29, 0.717) is 10.4 Å². The summed E-state index contributed by atoms with van der Waals surface area (Å²) < 4.78 is 28.0. The molecule has 2 aromatic rings. The number of fused-ring (bicyclic) bond motifs is 1. The molecule has 0 saturated carbocycles. The van der Waals surface area contributed by atoms with Gasteiger partial charge in [-0.2, -0.15) is 0 Å². The van der Waals surface area contributed by atoms with Crippen molar-refractivity contribution in [3.8, 4) is 0 Å². The van der Waals surface area contributed by atoms with Crippen LogP contribution in [-0.2, 0) is 6.42 Å². The second-order valence-corrected chi connectivity index (χ2v) is 6.61. The highest BCUT2D eigenvalue weighted by Gasteiger charge is 2.26. The standard InChI is InChI=1S/C14H11ClF2N2OS/c15-13-4-7-10(1-2-12(7)21-13)19-11-3-6(14(18)20)8(16)5-9(11)17/h3-5,10,19H,1-2H2,(H2,18,20). The first kappa shape index (κ1) is 14.3. The van der Waals surface area contributed by atoms with Crippen LogP contribution in [0.15, 0.2) is 18.2 Å². The molecular weight excluding hydrogens is 318 g/mol. The number of benzene rings is 1. The molecule has 7 heteroatoms. The molecule has 1 aromatic carbocycles. The van der Waals surface area contributed by atoms with E-state index in [0.717, 1.165) is 29.3 Å². The monoisotopic (exact) mass is 328 g/mol. The van der Waals surface area contributed by atoms with Gasteiger partial charge in [0, 0.05) is 10.9 Å². The second kappa shape index (κ2) is 5.27. The minimum Gasteiger partial charge on any atom is -0.376 e. The average molecular weight is 329 g/mol. The Morgan fingerprint density at radius 1 is 1.33 bits per heavy atom. The van der Waals surface area contributed by atoms with Crippen molar-refractivity contribution < 1.29 is 13.6 Å². The number of hydrogen-bond acceptors (Lipinski definition) is 3. The highest BCUT2D eigenvalue weighted by molar-refractivity contribution is 7.16. The van der Waals surface area contributed by atoms with E-state index in [2.05, 4.69) is 5.32 Å². The van der Waals surface area contributed by atoms with Crippen LogP contribution in [0.4, 0.5) is 14.5 Å². The van der Waals surface area contributed by atoms with Crippen LogP contribution >= 0.6 is 22.9 Å². The first-order chi connectivity index (χ1) is 9.95. The predicted octanol–water partition coefficient (Wildman–Crippen LogP) is 3.88. The summed E-state index contributed by atoms with van der Waals surface area (Å²) in [6.45, 7) is 0. The van der Waals surface area contributed by atoms with Crippen LogP contribution < -0.4 is 11.1 Å². The average Bonchev–Trinajstić information content (AvgIpc) is 2.92. The van der Waals surface area contributed by atoms with Crippen LogP contribution in [0.2, 0.25) is 4.34 Å². The van der Waals surface area contributed by atoms with Crippen molar-refractivity contribution in [3.05, 3.63) is 50.2 Å². The predicted molar refractivity (Wildman–Crippen MR) is 78.9 cm³/mol. The van der Waals surface area contributed by atoms with E-state index in [9.17, 15) is 13.6 Å². The van der Waals surface area contributed by atoms with Gasteiger partial charge in [-0.3, -0.25) is 4.79 Å². The quantitative estimate of drug-likeness (QED) is 0.898. The topological polar surface area (TPSA) is 55.1 Å². The van der Waals surface area contributed by atoms with Gasteiger partial charge in [0.1, 0.15) is 11.6 Å². The molecule has 110 valence electrons. The molecule has 0 saturated heterocycles. The van der Waals surface area contributed by atoms with Gasteiger partial charge in [0.2, 0.25) is 0 Å². The Balaban J connectivity index is 1.92. The molecule has 0 spiro atoms. The lowest BCUT2D eigenvalue weighted by atomic mass is 10.1. The maximum Gasteiger partial charge on any atom is 0.251 e. The lowest BCUT2D eigenvalue weighted by molar-refractivity contribution is 0.0996. The third-order valence-corrected chi connectivity index (χ3v) is 4.84. The molecule has 0 bridgehead atoms. The van der Waals surface area contributed by atoms with Crippen molar-refractivity contribution in [1.82, 2.24) is 0 Å². The minimum absolute atomic E-state index is 0.0605. The minimum atomic E-state index is -0.962. The van der Waals surface area contributed by atoms with Crippen molar-refractivity contribution in [2.24, 2.45) is 5.73 Å².